The minimum absolute atomic E-state index is 0.274. The van der Waals surface area contributed by atoms with Gasteiger partial charge in [0.1, 0.15) is 0 Å². The molecule has 1 heteroatoms. The predicted molar refractivity (Wildman–Crippen MR) is 74.2 cm³/mol. The highest BCUT2D eigenvalue weighted by molar-refractivity contribution is 5.18. The van der Waals surface area contributed by atoms with Crippen LogP contribution in [0.15, 0.2) is 16.5 Å². The maximum atomic E-state index is 6.01. The van der Waals surface area contributed by atoms with E-state index in [2.05, 4.69) is 60.6 Å². The normalized spacial score (nSPS) is 12.9. The molecular weight excluding hydrogens is 208 g/mol. The molecule has 1 nitrogen and oxygen atoms in total. The molecule has 1 heterocycles. The van der Waals surface area contributed by atoms with Crippen molar-refractivity contribution in [3.05, 3.63) is 29.2 Å². The van der Waals surface area contributed by atoms with Gasteiger partial charge in [-0.2, -0.15) is 0 Å². The van der Waals surface area contributed by atoms with E-state index in [9.17, 15) is 0 Å². The highest BCUT2D eigenvalue weighted by atomic mass is 16.3. The lowest BCUT2D eigenvalue weighted by Gasteiger charge is -2.15. The lowest BCUT2D eigenvalue weighted by Crippen LogP contribution is -2.12. The summed E-state index contributed by atoms with van der Waals surface area (Å²) in [6, 6.07) is 4.33. The van der Waals surface area contributed by atoms with Crippen LogP contribution in [0.1, 0.15) is 58.6 Å². The zero-order valence-electron chi connectivity index (χ0n) is 12.5. The fourth-order valence-corrected chi connectivity index (χ4v) is 2.00. The van der Waals surface area contributed by atoms with E-state index in [1.807, 2.05) is 0 Å². The molecule has 0 N–H and O–H groups in total. The van der Waals surface area contributed by atoms with Crippen molar-refractivity contribution in [3.8, 4) is 0 Å². The molecular formula is C16H27O+. The van der Waals surface area contributed by atoms with Crippen molar-refractivity contribution in [2.75, 3.05) is 0 Å². The Morgan fingerprint density at radius 1 is 0.824 bits per heavy atom. The molecule has 0 aliphatic carbocycles. The second-order valence-electron chi connectivity index (χ2n) is 7.54. The van der Waals surface area contributed by atoms with Crippen molar-refractivity contribution in [1.82, 2.24) is 0 Å². The molecule has 0 radical (unpaired) electrons. The first-order valence-electron chi connectivity index (χ1n) is 6.48. The van der Waals surface area contributed by atoms with Crippen LogP contribution in [0.25, 0.3) is 0 Å². The summed E-state index contributed by atoms with van der Waals surface area (Å²) in [4.78, 5) is 0. The Kier molecular flexibility index (Phi) is 4.01. The summed E-state index contributed by atoms with van der Waals surface area (Å²) < 4.78 is 6.01. The summed E-state index contributed by atoms with van der Waals surface area (Å²) in [5, 5.41) is 0. The first-order chi connectivity index (χ1) is 7.55. The third-order valence-electron chi connectivity index (χ3n) is 2.45. The quantitative estimate of drug-likeness (QED) is 0.653. The van der Waals surface area contributed by atoms with Crippen LogP contribution in [-0.2, 0) is 12.8 Å². The zero-order chi connectivity index (χ0) is 13.3. The zero-order valence-corrected chi connectivity index (χ0v) is 12.5. The van der Waals surface area contributed by atoms with Gasteiger partial charge in [-0.15, -0.1) is 0 Å². The maximum absolute atomic E-state index is 6.01. The van der Waals surface area contributed by atoms with Gasteiger partial charge in [-0.1, -0.05) is 41.5 Å². The fourth-order valence-electron chi connectivity index (χ4n) is 2.00. The Hall–Kier alpha value is -0.850. The monoisotopic (exact) mass is 235 g/mol. The summed E-state index contributed by atoms with van der Waals surface area (Å²) >= 11 is 0. The lowest BCUT2D eigenvalue weighted by atomic mass is 9.89. The number of rotatable bonds is 2. The van der Waals surface area contributed by atoms with Gasteiger partial charge < -0.3 is 0 Å². The molecule has 0 spiro atoms. The molecule has 0 amide bonds. The Labute approximate surface area is 106 Å². The van der Waals surface area contributed by atoms with Gasteiger partial charge in [0.2, 0.25) is 0 Å². The number of aryl methyl sites for hydroxylation is 1. The van der Waals surface area contributed by atoms with Crippen LogP contribution < -0.4 is 0 Å². The van der Waals surface area contributed by atoms with Crippen LogP contribution in [0.3, 0.4) is 0 Å². The molecule has 96 valence electrons. The van der Waals surface area contributed by atoms with Crippen LogP contribution in [0, 0.1) is 17.8 Å². The van der Waals surface area contributed by atoms with Crippen molar-refractivity contribution in [1.29, 1.82) is 0 Å². The summed E-state index contributed by atoms with van der Waals surface area (Å²) in [7, 11) is 0. The molecule has 0 saturated heterocycles. The summed E-state index contributed by atoms with van der Waals surface area (Å²) in [6.45, 7) is 15.6. The molecule has 0 atom stereocenters. The Bertz CT molecular complexity index is 343. The third kappa shape index (κ3) is 5.86. The van der Waals surface area contributed by atoms with Gasteiger partial charge >= 0.3 is 11.5 Å². The van der Waals surface area contributed by atoms with Crippen LogP contribution in [0.2, 0.25) is 0 Å². The van der Waals surface area contributed by atoms with Gasteiger partial charge in [-0.05, 0) is 23.3 Å². The van der Waals surface area contributed by atoms with Crippen molar-refractivity contribution in [3.63, 3.8) is 0 Å². The molecule has 0 saturated carbocycles. The van der Waals surface area contributed by atoms with E-state index in [0.717, 1.165) is 24.4 Å². The molecule has 0 fully saturated rings. The van der Waals surface area contributed by atoms with Crippen molar-refractivity contribution in [2.24, 2.45) is 10.8 Å². The molecule has 0 aliphatic heterocycles. The number of hydrogen-bond donors (Lipinski definition) is 0. The lowest BCUT2D eigenvalue weighted by molar-refractivity contribution is 0.316. The minimum atomic E-state index is 0.274. The molecule has 1 aromatic rings. The van der Waals surface area contributed by atoms with E-state index in [4.69, 9.17) is 4.42 Å². The average molecular weight is 235 g/mol. The summed E-state index contributed by atoms with van der Waals surface area (Å²) in [5.41, 5.74) is 1.85. The molecule has 0 unspecified atom stereocenters. The topological polar surface area (TPSA) is 11.3 Å². The Morgan fingerprint density at radius 2 is 1.18 bits per heavy atom. The van der Waals surface area contributed by atoms with Crippen LogP contribution in [-0.4, -0.2) is 0 Å². The molecule has 0 aliphatic rings. The fraction of sp³-hybridized carbons (Fsp3) is 0.688. The van der Waals surface area contributed by atoms with Gasteiger partial charge in [0.25, 0.3) is 0 Å². The van der Waals surface area contributed by atoms with Gasteiger partial charge in [-0.25, -0.2) is 4.42 Å². The smallest absolute Gasteiger partial charge is 0.218 e. The molecule has 0 bridgehead atoms. The van der Waals surface area contributed by atoms with Crippen LogP contribution >= 0.6 is 0 Å². The van der Waals surface area contributed by atoms with Gasteiger partial charge in [0.05, 0.1) is 12.8 Å². The van der Waals surface area contributed by atoms with Gasteiger partial charge in [0.15, 0.2) is 0 Å². The Morgan fingerprint density at radius 3 is 1.47 bits per heavy atom. The van der Waals surface area contributed by atoms with E-state index in [0.29, 0.717) is 0 Å². The largest absolute Gasteiger partial charge is 0.330 e. The molecule has 0 aromatic carbocycles. The van der Waals surface area contributed by atoms with E-state index in [1.165, 1.54) is 5.56 Å². The first kappa shape index (κ1) is 14.2. The van der Waals surface area contributed by atoms with Gasteiger partial charge in [-0.3, -0.25) is 0 Å². The summed E-state index contributed by atoms with van der Waals surface area (Å²) in [6.07, 6.45) is 1.98. The highest BCUT2D eigenvalue weighted by Crippen LogP contribution is 2.25. The highest BCUT2D eigenvalue weighted by Gasteiger charge is 2.24. The third-order valence-corrected chi connectivity index (χ3v) is 2.45. The van der Waals surface area contributed by atoms with Crippen molar-refractivity contribution in [2.45, 2.75) is 61.3 Å². The van der Waals surface area contributed by atoms with E-state index in [1.54, 1.807) is 0 Å². The van der Waals surface area contributed by atoms with Crippen LogP contribution in [0.4, 0.5) is 0 Å². The van der Waals surface area contributed by atoms with Crippen molar-refractivity contribution >= 4 is 0 Å². The maximum Gasteiger partial charge on any atom is 0.330 e. The van der Waals surface area contributed by atoms with E-state index in [-0.39, 0.29) is 10.8 Å². The second kappa shape index (κ2) is 4.80. The van der Waals surface area contributed by atoms with E-state index >= 15 is 0 Å². The second-order valence-corrected chi connectivity index (χ2v) is 7.54. The number of hydrogen-bond acceptors (Lipinski definition) is 0. The van der Waals surface area contributed by atoms with Crippen molar-refractivity contribution < 1.29 is 4.42 Å². The molecule has 1 rings (SSSR count). The van der Waals surface area contributed by atoms with E-state index < -0.39 is 0 Å². The SMILES string of the molecule is Cc1cc(CC(C)(C)C)[o+]c(CC(C)(C)C)c1. The first-order valence-corrected chi connectivity index (χ1v) is 6.48. The van der Waals surface area contributed by atoms with Crippen LogP contribution in [0.5, 0.6) is 0 Å². The standard InChI is InChI=1S/C16H27O/c1-12-8-13(10-15(2,3)4)17-14(9-12)11-16(5,6)7/h8-9H,10-11H2,1-7H3/q+1. The van der Waals surface area contributed by atoms with Gasteiger partial charge in [0, 0.05) is 12.1 Å². The molecule has 17 heavy (non-hydrogen) atoms. The Balaban J connectivity index is 2.95. The molecule has 1 aromatic heterocycles. The minimum Gasteiger partial charge on any atom is -0.218 e. The summed E-state index contributed by atoms with van der Waals surface area (Å²) in [5.74, 6) is 2.22. The predicted octanol–water partition coefficient (Wildman–Crippen LogP) is 5.05. The average Bonchev–Trinajstić information content (AvgIpc) is 1.93.